The first kappa shape index (κ1) is 19.7. The van der Waals surface area contributed by atoms with Crippen LogP contribution >= 0.6 is 0 Å². The number of pyridine rings is 1. The molecule has 2 heterocycles. The lowest BCUT2D eigenvalue weighted by Crippen LogP contribution is -2.25. The molecule has 0 fully saturated rings. The summed E-state index contributed by atoms with van der Waals surface area (Å²) >= 11 is 0. The molecule has 3 aromatic rings. The number of carbonyl (C=O) groups is 1. The van der Waals surface area contributed by atoms with Gasteiger partial charge in [0, 0.05) is 43.3 Å². The van der Waals surface area contributed by atoms with E-state index in [1.807, 2.05) is 44.2 Å². The predicted molar refractivity (Wildman–Crippen MR) is 112 cm³/mol. The Kier molecular flexibility index (Phi) is 6.48. The number of unbranched alkanes of at least 4 members (excludes halogenated alkanes) is 1. The summed E-state index contributed by atoms with van der Waals surface area (Å²) in [5.41, 5.74) is 4.02. The minimum atomic E-state index is -0.0377. The van der Waals surface area contributed by atoms with Crippen molar-refractivity contribution in [1.82, 2.24) is 14.5 Å². The quantitative estimate of drug-likeness (QED) is 0.611. The first-order valence-electron chi connectivity index (χ1n) is 9.70. The maximum Gasteiger partial charge on any atom is 0.253 e. The third-order valence-corrected chi connectivity index (χ3v) is 5.01. The van der Waals surface area contributed by atoms with Crippen LogP contribution in [0.3, 0.4) is 0 Å². The van der Waals surface area contributed by atoms with Crippen molar-refractivity contribution in [2.24, 2.45) is 0 Å². The number of hydrogen-bond acceptors (Lipinski definition) is 2. The number of rotatable bonds is 8. The molecule has 5 nitrogen and oxygen atoms in total. The molecule has 0 aliphatic rings. The van der Waals surface area contributed by atoms with E-state index in [-0.39, 0.29) is 11.5 Å². The zero-order valence-corrected chi connectivity index (χ0v) is 16.5. The highest BCUT2D eigenvalue weighted by atomic mass is 16.1. The lowest BCUT2D eigenvalue weighted by molar-refractivity contribution is 0.0952. The van der Waals surface area contributed by atoms with Gasteiger partial charge >= 0.3 is 0 Å². The van der Waals surface area contributed by atoms with Gasteiger partial charge in [0.2, 0.25) is 5.56 Å². The van der Waals surface area contributed by atoms with Gasteiger partial charge in [0.05, 0.1) is 5.56 Å². The number of amides is 1. The van der Waals surface area contributed by atoms with Crippen LogP contribution in [0.15, 0.2) is 65.6 Å². The van der Waals surface area contributed by atoms with Crippen LogP contribution in [0, 0.1) is 13.8 Å². The van der Waals surface area contributed by atoms with Crippen molar-refractivity contribution in [3.05, 3.63) is 93.7 Å². The van der Waals surface area contributed by atoms with Crippen molar-refractivity contribution in [3.63, 3.8) is 0 Å². The largest absolute Gasteiger partial charge is 0.352 e. The summed E-state index contributed by atoms with van der Waals surface area (Å²) in [6.07, 6.45) is 3.47. The number of nitrogens with zero attached hydrogens (tertiary/aromatic N) is 2. The summed E-state index contributed by atoms with van der Waals surface area (Å²) in [6.45, 7) is 6.05. The number of aromatic nitrogens is 2. The molecule has 0 spiro atoms. The van der Waals surface area contributed by atoms with Crippen molar-refractivity contribution in [1.29, 1.82) is 0 Å². The lowest BCUT2D eigenvalue weighted by Gasteiger charge is -2.10. The number of nitrogens with one attached hydrogen (secondary N) is 1. The highest BCUT2D eigenvalue weighted by Gasteiger charge is 2.15. The molecule has 1 amide bonds. The van der Waals surface area contributed by atoms with Crippen LogP contribution in [0.4, 0.5) is 0 Å². The first-order chi connectivity index (χ1) is 13.6. The Hall–Kier alpha value is -3.08. The van der Waals surface area contributed by atoms with Crippen LogP contribution in [-0.2, 0) is 13.1 Å². The number of carbonyl (C=O) groups excluding carboxylic acids is 1. The fourth-order valence-electron chi connectivity index (χ4n) is 3.39. The monoisotopic (exact) mass is 377 g/mol. The molecule has 0 atom stereocenters. The normalized spacial score (nSPS) is 10.8. The van der Waals surface area contributed by atoms with Crippen LogP contribution < -0.4 is 10.9 Å². The highest BCUT2D eigenvalue weighted by Crippen LogP contribution is 2.17. The Balaban J connectivity index is 1.52. The Bertz CT molecular complexity index is 987. The fourth-order valence-corrected chi connectivity index (χ4v) is 3.39. The van der Waals surface area contributed by atoms with Gasteiger partial charge < -0.3 is 14.5 Å². The van der Waals surface area contributed by atoms with Gasteiger partial charge in [-0.25, -0.2) is 0 Å². The second-order valence-corrected chi connectivity index (χ2v) is 7.05. The van der Waals surface area contributed by atoms with E-state index in [1.165, 1.54) is 5.56 Å². The van der Waals surface area contributed by atoms with Crippen LogP contribution in [0.2, 0.25) is 0 Å². The molecular formula is C23H27N3O2. The summed E-state index contributed by atoms with van der Waals surface area (Å²) in [7, 11) is 0. The molecule has 1 aromatic carbocycles. The Labute approximate surface area is 165 Å². The molecule has 0 radical (unpaired) electrons. The molecule has 0 aliphatic carbocycles. The molecule has 0 aliphatic heterocycles. The Morgan fingerprint density at radius 1 is 1.00 bits per heavy atom. The van der Waals surface area contributed by atoms with E-state index < -0.39 is 0 Å². The smallest absolute Gasteiger partial charge is 0.253 e. The summed E-state index contributed by atoms with van der Waals surface area (Å²) in [4.78, 5) is 24.3. The predicted octanol–water partition coefficient (Wildman–Crippen LogP) is 3.53. The van der Waals surface area contributed by atoms with E-state index in [9.17, 15) is 9.59 Å². The molecule has 3 rings (SSSR count). The molecular weight excluding hydrogens is 350 g/mol. The van der Waals surface area contributed by atoms with Crippen LogP contribution in [-0.4, -0.2) is 21.6 Å². The SMILES string of the molecule is Cc1cc(C(=O)NCCCCn2ccccc2=O)c(C)n1Cc1ccccc1. The second-order valence-electron chi connectivity index (χ2n) is 7.05. The maximum absolute atomic E-state index is 12.6. The highest BCUT2D eigenvalue weighted by molar-refractivity contribution is 5.95. The Morgan fingerprint density at radius 2 is 1.75 bits per heavy atom. The minimum Gasteiger partial charge on any atom is -0.352 e. The molecule has 1 N–H and O–H groups in total. The van der Waals surface area contributed by atoms with E-state index in [2.05, 4.69) is 22.0 Å². The molecule has 0 saturated carbocycles. The summed E-state index contributed by atoms with van der Waals surface area (Å²) in [5.74, 6) is -0.0377. The molecule has 28 heavy (non-hydrogen) atoms. The number of hydrogen-bond donors (Lipinski definition) is 1. The standard InChI is InChI=1S/C23H27N3O2/c1-18-16-21(19(2)26(18)17-20-10-4-3-5-11-20)23(28)24-13-7-9-15-25-14-8-6-12-22(25)27/h3-6,8,10-12,14,16H,7,9,13,15,17H2,1-2H3,(H,24,28). The molecule has 0 unspecified atom stereocenters. The van der Waals surface area contributed by atoms with Crippen molar-refractivity contribution >= 4 is 5.91 Å². The van der Waals surface area contributed by atoms with Gasteiger partial charge in [0.1, 0.15) is 0 Å². The minimum absolute atomic E-state index is 0.0115. The van der Waals surface area contributed by atoms with E-state index >= 15 is 0 Å². The van der Waals surface area contributed by atoms with Crippen molar-refractivity contribution in [3.8, 4) is 0 Å². The first-order valence-corrected chi connectivity index (χ1v) is 9.70. The van der Waals surface area contributed by atoms with E-state index in [0.717, 1.165) is 36.3 Å². The van der Waals surface area contributed by atoms with Gasteiger partial charge in [-0.2, -0.15) is 0 Å². The van der Waals surface area contributed by atoms with Crippen molar-refractivity contribution in [2.45, 2.75) is 39.8 Å². The van der Waals surface area contributed by atoms with Gasteiger partial charge in [-0.05, 0) is 44.4 Å². The summed E-state index contributed by atoms with van der Waals surface area (Å²) < 4.78 is 3.87. The van der Waals surface area contributed by atoms with E-state index in [1.54, 1.807) is 22.9 Å². The average molecular weight is 377 g/mol. The van der Waals surface area contributed by atoms with Gasteiger partial charge in [-0.3, -0.25) is 9.59 Å². The summed E-state index contributed by atoms with van der Waals surface area (Å²) in [6, 6.07) is 17.4. The van der Waals surface area contributed by atoms with Crippen LogP contribution in [0.5, 0.6) is 0 Å². The number of benzene rings is 1. The topological polar surface area (TPSA) is 56.0 Å². The average Bonchev–Trinajstić information content (AvgIpc) is 2.98. The Morgan fingerprint density at radius 3 is 2.50 bits per heavy atom. The third-order valence-electron chi connectivity index (χ3n) is 5.01. The van der Waals surface area contributed by atoms with Gasteiger partial charge in [-0.15, -0.1) is 0 Å². The van der Waals surface area contributed by atoms with Crippen molar-refractivity contribution in [2.75, 3.05) is 6.54 Å². The second kappa shape index (κ2) is 9.22. The molecule has 0 saturated heterocycles. The molecule has 146 valence electrons. The number of aryl methyl sites for hydroxylation is 2. The zero-order chi connectivity index (χ0) is 19.9. The van der Waals surface area contributed by atoms with E-state index in [0.29, 0.717) is 13.1 Å². The fraction of sp³-hybridized carbons (Fsp3) is 0.304. The lowest BCUT2D eigenvalue weighted by atomic mass is 10.2. The third kappa shape index (κ3) is 4.80. The molecule has 2 aromatic heterocycles. The van der Waals surface area contributed by atoms with E-state index in [4.69, 9.17) is 0 Å². The van der Waals surface area contributed by atoms with Crippen LogP contribution in [0.25, 0.3) is 0 Å². The maximum atomic E-state index is 12.6. The molecule has 0 bridgehead atoms. The summed E-state index contributed by atoms with van der Waals surface area (Å²) in [5, 5.41) is 3.01. The zero-order valence-electron chi connectivity index (χ0n) is 16.5. The molecule has 5 heteroatoms. The van der Waals surface area contributed by atoms with Crippen LogP contribution in [0.1, 0.15) is 40.2 Å². The van der Waals surface area contributed by atoms with Crippen molar-refractivity contribution < 1.29 is 4.79 Å². The van der Waals surface area contributed by atoms with Gasteiger partial charge in [0.15, 0.2) is 0 Å². The van der Waals surface area contributed by atoms with Gasteiger partial charge in [0.25, 0.3) is 5.91 Å². The van der Waals surface area contributed by atoms with Gasteiger partial charge in [-0.1, -0.05) is 36.4 Å².